The number of hydrogen-bond donors (Lipinski definition) is 1. The summed E-state index contributed by atoms with van der Waals surface area (Å²) in [7, 11) is 1.61. The van der Waals surface area contributed by atoms with Crippen LogP contribution in [0.25, 0.3) is 0 Å². The molecule has 0 spiro atoms. The van der Waals surface area contributed by atoms with Crippen LogP contribution in [0, 0.1) is 0 Å². The van der Waals surface area contributed by atoms with Gasteiger partial charge in [-0.2, -0.15) is 0 Å². The highest BCUT2D eigenvalue weighted by atomic mass is 16.7. The minimum atomic E-state index is -0.167. The van der Waals surface area contributed by atoms with E-state index in [0.29, 0.717) is 23.6 Å². The molecule has 0 aromatic heterocycles. The Morgan fingerprint density at radius 3 is 2.86 bits per heavy atom. The molecule has 1 aliphatic rings. The fraction of sp³-hybridized carbons (Fsp3) is 0.188. The molecule has 1 N–H and O–H groups in total. The number of rotatable bonds is 4. The van der Waals surface area contributed by atoms with Crippen LogP contribution in [0.2, 0.25) is 0 Å². The maximum absolute atomic E-state index is 12.2. The molecule has 0 saturated heterocycles. The monoisotopic (exact) mass is 285 g/mol. The first-order chi connectivity index (χ1) is 10.3. The number of benzene rings is 2. The lowest BCUT2D eigenvalue weighted by molar-refractivity contribution is 0.0950. The molecule has 108 valence electrons. The van der Waals surface area contributed by atoms with E-state index in [0.717, 1.165) is 11.3 Å². The third-order valence-electron chi connectivity index (χ3n) is 3.27. The normalized spacial score (nSPS) is 12.0. The summed E-state index contributed by atoms with van der Waals surface area (Å²) in [5.41, 5.74) is 1.46. The zero-order chi connectivity index (χ0) is 14.7. The smallest absolute Gasteiger partial charge is 0.251 e. The predicted molar refractivity (Wildman–Crippen MR) is 76.7 cm³/mol. The molecule has 0 saturated carbocycles. The maximum atomic E-state index is 12.2. The van der Waals surface area contributed by atoms with E-state index in [9.17, 15) is 4.79 Å². The number of carbonyl (C=O) groups excluding carboxylic acids is 1. The zero-order valence-corrected chi connectivity index (χ0v) is 11.6. The second-order valence-corrected chi connectivity index (χ2v) is 4.56. The van der Waals surface area contributed by atoms with Crippen LogP contribution in [0.4, 0.5) is 0 Å². The Kier molecular flexibility index (Phi) is 3.64. The molecular weight excluding hydrogens is 270 g/mol. The average molecular weight is 285 g/mol. The van der Waals surface area contributed by atoms with Gasteiger partial charge in [-0.3, -0.25) is 4.79 Å². The Hall–Kier alpha value is -2.69. The summed E-state index contributed by atoms with van der Waals surface area (Å²) in [6.07, 6.45) is 0. The lowest BCUT2D eigenvalue weighted by Crippen LogP contribution is -2.23. The third kappa shape index (κ3) is 2.76. The van der Waals surface area contributed by atoms with Crippen LogP contribution >= 0.6 is 0 Å². The van der Waals surface area contributed by atoms with Crippen LogP contribution in [0.1, 0.15) is 15.9 Å². The first-order valence-electron chi connectivity index (χ1n) is 6.57. The van der Waals surface area contributed by atoms with Crippen molar-refractivity contribution >= 4 is 5.91 Å². The van der Waals surface area contributed by atoms with E-state index in [-0.39, 0.29) is 12.7 Å². The van der Waals surface area contributed by atoms with Gasteiger partial charge in [0.1, 0.15) is 5.75 Å². The van der Waals surface area contributed by atoms with E-state index >= 15 is 0 Å². The highest BCUT2D eigenvalue weighted by Gasteiger charge is 2.16. The first-order valence-corrected chi connectivity index (χ1v) is 6.57. The molecule has 0 atom stereocenters. The molecule has 0 radical (unpaired) electrons. The summed E-state index contributed by atoms with van der Waals surface area (Å²) >= 11 is 0. The summed E-state index contributed by atoms with van der Waals surface area (Å²) in [6.45, 7) is 0.596. The highest BCUT2D eigenvalue weighted by Crippen LogP contribution is 2.32. The van der Waals surface area contributed by atoms with Gasteiger partial charge in [-0.25, -0.2) is 0 Å². The molecule has 21 heavy (non-hydrogen) atoms. The second-order valence-electron chi connectivity index (χ2n) is 4.56. The summed E-state index contributed by atoms with van der Waals surface area (Å²) in [6, 6.07) is 12.7. The van der Waals surface area contributed by atoms with Crippen molar-refractivity contribution in [2.75, 3.05) is 13.9 Å². The molecule has 2 aromatic rings. The number of para-hydroxylation sites is 1. The topological polar surface area (TPSA) is 56.8 Å². The Morgan fingerprint density at radius 2 is 2.00 bits per heavy atom. The standard InChI is InChI=1S/C16H15NO4/c1-19-13-5-3-2-4-12(13)9-17-16(18)11-6-7-14-15(8-11)21-10-20-14/h2-8H,9-10H2,1H3,(H,17,18). The molecule has 1 amide bonds. The highest BCUT2D eigenvalue weighted by molar-refractivity contribution is 5.94. The zero-order valence-electron chi connectivity index (χ0n) is 11.6. The predicted octanol–water partition coefficient (Wildman–Crippen LogP) is 2.35. The molecule has 5 nitrogen and oxygen atoms in total. The average Bonchev–Trinajstić information content (AvgIpc) is 3.00. The summed E-state index contributed by atoms with van der Waals surface area (Å²) < 4.78 is 15.7. The van der Waals surface area contributed by atoms with Gasteiger partial charge < -0.3 is 19.5 Å². The lowest BCUT2D eigenvalue weighted by atomic mass is 10.1. The fourth-order valence-corrected chi connectivity index (χ4v) is 2.16. The largest absolute Gasteiger partial charge is 0.496 e. The second kappa shape index (κ2) is 5.75. The van der Waals surface area contributed by atoms with Gasteiger partial charge in [0.05, 0.1) is 7.11 Å². The Labute approximate surface area is 122 Å². The third-order valence-corrected chi connectivity index (χ3v) is 3.27. The van der Waals surface area contributed by atoms with Crippen molar-refractivity contribution in [2.45, 2.75) is 6.54 Å². The fourth-order valence-electron chi connectivity index (χ4n) is 2.16. The number of methoxy groups -OCH3 is 1. The number of nitrogens with one attached hydrogen (secondary N) is 1. The van der Waals surface area contributed by atoms with Gasteiger partial charge in [0, 0.05) is 17.7 Å². The summed E-state index contributed by atoms with van der Waals surface area (Å²) in [4.78, 5) is 12.2. The van der Waals surface area contributed by atoms with Crippen molar-refractivity contribution in [3.8, 4) is 17.2 Å². The van der Waals surface area contributed by atoms with E-state index in [1.807, 2.05) is 24.3 Å². The van der Waals surface area contributed by atoms with Crippen LogP contribution in [0.3, 0.4) is 0 Å². The van der Waals surface area contributed by atoms with Crippen LogP contribution in [0.15, 0.2) is 42.5 Å². The van der Waals surface area contributed by atoms with Crippen LogP contribution < -0.4 is 19.5 Å². The maximum Gasteiger partial charge on any atom is 0.251 e. The molecule has 0 aliphatic carbocycles. The molecule has 1 aliphatic heterocycles. The van der Waals surface area contributed by atoms with Gasteiger partial charge in [0.2, 0.25) is 6.79 Å². The van der Waals surface area contributed by atoms with Crippen LogP contribution in [-0.2, 0) is 6.54 Å². The van der Waals surface area contributed by atoms with E-state index < -0.39 is 0 Å². The first kappa shape index (κ1) is 13.3. The molecule has 0 bridgehead atoms. The van der Waals surface area contributed by atoms with Crippen molar-refractivity contribution in [1.82, 2.24) is 5.32 Å². The van der Waals surface area contributed by atoms with Crippen molar-refractivity contribution in [3.05, 3.63) is 53.6 Å². The van der Waals surface area contributed by atoms with E-state index in [4.69, 9.17) is 14.2 Å². The number of ether oxygens (including phenoxy) is 3. The lowest BCUT2D eigenvalue weighted by Gasteiger charge is -2.09. The van der Waals surface area contributed by atoms with E-state index in [1.165, 1.54) is 0 Å². The van der Waals surface area contributed by atoms with Gasteiger partial charge in [0.15, 0.2) is 11.5 Å². The van der Waals surface area contributed by atoms with E-state index in [1.54, 1.807) is 25.3 Å². The Morgan fingerprint density at radius 1 is 1.19 bits per heavy atom. The molecule has 3 rings (SSSR count). The minimum Gasteiger partial charge on any atom is -0.496 e. The van der Waals surface area contributed by atoms with Gasteiger partial charge in [-0.05, 0) is 24.3 Å². The molecule has 1 heterocycles. The Bertz CT molecular complexity index is 669. The molecule has 0 fully saturated rings. The summed E-state index contributed by atoms with van der Waals surface area (Å²) in [5.74, 6) is 1.85. The number of hydrogen-bond acceptors (Lipinski definition) is 4. The van der Waals surface area contributed by atoms with Crippen LogP contribution in [0.5, 0.6) is 17.2 Å². The minimum absolute atomic E-state index is 0.167. The van der Waals surface area contributed by atoms with Crippen molar-refractivity contribution in [1.29, 1.82) is 0 Å². The number of carbonyl (C=O) groups is 1. The number of fused-ring (bicyclic) bond motifs is 1. The molecule has 5 heteroatoms. The van der Waals surface area contributed by atoms with Crippen molar-refractivity contribution < 1.29 is 19.0 Å². The van der Waals surface area contributed by atoms with Gasteiger partial charge in [-0.1, -0.05) is 18.2 Å². The van der Waals surface area contributed by atoms with Gasteiger partial charge in [0.25, 0.3) is 5.91 Å². The number of amides is 1. The summed E-state index contributed by atoms with van der Waals surface area (Å²) in [5, 5.41) is 2.87. The van der Waals surface area contributed by atoms with Gasteiger partial charge in [-0.15, -0.1) is 0 Å². The quantitative estimate of drug-likeness (QED) is 0.937. The Balaban J connectivity index is 1.69. The SMILES string of the molecule is COc1ccccc1CNC(=O)c1ccc2c(c1)OCO2. The van der Waals surface area contributed by atoms with Crippen molar-refractivity contribution in [3.63, 3.8) is 0 Å². The van der Waals surface area contributed by atoms with Gasteiger partial charge >= 0.3 is 0 Å². The van der Waals surface area contributed by atoms with Crippen molar-refractivity contribution in [2.24, 2.45) is 0 Å². The molecule has 2 aromatic carbocycles. The van der Waals surface area contributed by atoms with E-state index in [2.05, 4.69) is 5.32 Å². The molecular formula is C16H15NO4. The van der Waals surface area contributed by atoms with Crippen LogP contribution in [-0.4, -0.2) is 19.8 Å². The molecule has 0 unspecified atom stereocenters.